The van der Waals surface area contributed by atoms with E-state index in [1.54, 1.807) is 4.31 Å². The van der Waals surface area contributed by atoms with Gasteiger partial charge in [-0.25, -0.2) is 12.7 Å². The van der Waals surface area contributed by atoms with Crippen molar-refractivity contribution in [2.45, 2.75) is 32.4 Å². The molecule has 0 radical (unpaired) electrons. The Morgan fingerprint density at radius 3 is 2.55 bits per heavy atom. The van der Waals surface area contributed by atoms with E-state index in [9.17, 15) is 8.42 Å². The molecule has 0 unspecified atom stereocenters. The lowest BCUT2D eigenvalue weighted by Gasteiger charge is -2.30. The van der Waals surface area contributed by atoms with Gasteiger partial charge in [0, 0.05) is 30.7 Å². The van der Waals surface area contributed by atoms with Crippen LogP contribution in [0.2, 0.25) is 5.02 Å². The highest BCUT2D eigenvalue weighted by Crippen LogP contribution is 2.19. The van der Waals surface area contributed by atoms with E-state index in [2.05, 4.69) is 11.4 Å². The van der Waals surface area contributed by atoms with Crippen LogP contribution in [0.4, 0.5) is 0 Å². The van der Waals surface area contributed by atoms with E-state index in [4.69, 9.17) is 11.6 Å². The number of piperidine rings is 1. The molecule has 1 fully saturated rings. The summed E-state index contributed by atoms with van der Waals surface area (Å²) in [6, 6.07) is 6.40. The first kappa shape index (κ1) is 15.8. The van der Waals surface area contributed by atoms with Gasteiger partial charge in [-0.15, -0.1) is 0 Å². The second-order valence-electron chi connectivity index (χ2n) is 5.41. The average Bonchev–Trinajstić information content (AvgIpc) is 2.37. The summed E-state index contributed by atoms with van der Waals surface area (Å²) in [4.78, 5) is 0. The van der Waals surface area contributed by atoms with Crippen molar-refractivity contribution in [3.8, 4) is 0 Å². The van der Waals surface area contributed by atoms with Gasteiger partial charge in [-0.2, -0.15) is 0 Å². The number of nitrogens with one attached hydrogen (secondary N) is 1. The predicted octanol–water partition coefficient (Wildman–Crippen LogP) is 2.16. The molecule has 112 valence electrons. The van der Waals surface area contributed by atoms with Crippen LogP contribution in [0, 0.1) is 6.92 Å². The second-order valence-corrected chi connectivity index (χ2v) is 7.80. The average molecular weight is 317 g/mol. The number of aryl methyl sites for hydroxylation is 1. The summed E-state index contributed by atoms with van der Waals surface area (Å²) >= 11 is 6.20. The fraction of sp³-hybridized carbons (Fsp3) is 0.571. The van der Waals surface area contributed by atoms with Gasteiger partial charge in [-0.3, -0.25) is 0 Å². The SMILES string of the molecule is Cc1ccc(CNC2CCN(S(C)(=O)=O)CC2)c(Cl)c1. The summed E-state index contributed by atoms with van der Waals surface area (Å²) in [5, 5.41) is 4.25. The molecule has 0 aliphatic carbocycles. The van der Waals surface area contributed by atoms with Gasteiger partial charge in [-0.05, 0) is 37.0 Å². The van der Waals surface area contributed by atoms with E-state index in [1.807, 2.05) is 19.1 Å². The first-order chi connectivity index (χ1) is 9.36. The van der Waals surface area contributed by atoms with Gasteiger partial charge in [0.15, 0.2) is 0 Å². The van der Waals surface area contributed by atoms with E-state index >= 15 is 0 Å². The lowest BCUT2D eigenvalue weighted by molar-refractivity contribution is 0.290. The quantitative estimate of drug-likeness (QED) is 0.926. The normalized spacial score (nSPS) is 18.4. The summed E-state index contributed by atoms with van der Waals surface area (Å²) in [7, 11) is -3.04. The molecule has 0 bridgehead atoms. The summed E-state index contributed by atoms with van der Waals surface area (Å²) in [5.74, 6) is 0. The second kappa shape index (κ2) is 6.43. The molecule has 0 atom stereocenters. The van der Waals surface area contributed by atoms with Crippen molar-refractivity contribution in [3.63, 3.8) is 0 Å². The number of nitrogens with zero attached hydrogens (tertiary/aromatic N) is 1. The number of rotatable bonds is 4. The fourth-order valence-corrected chi connectivity index (χ4v) is 3.62. The third-order valence-corrected chi connectivity index (χ3v) is 5.37. The van der Waals surface area contributed by atoms with Crippen LogP contribution in [0.3, 0.4) is 0 Å². The Morgan fingerprint density at radius 2 is 2.00 bits per heavy atom. The molecule has 2 rings (SSSR count). The maximum absolute atomic E-state index is 11.4. The lowest BCUT2D eigenvalue weighted by atomic mass is 10.1. The van der Waals surface area contributed by atoms with E-state index in [0.29, 0.717) is 19.1 Å². The highest BCUT2D eigenvalue weighted by molar-refractivity contribution is 7.88. The van der Waals surface area contributed by atoms with Crippen LogP contribution in [-0.2, 0) is 16.6 Å². The molecule has 0 saturated carbocycles. The van der Waals surface area contributed by atoms with Gasteiger partial charge in [0.25, 0.3) is 0 Å². The molecule has 1 aromatic carbocycles. The third-order valence-electron chi connectivity index (χ3n) is 3.71. The number of halogens is 1. The Balaban J connectivity index is 1.84. The Hall–Kier alpha value is -0.620. The first-order valence-corrected chi connectivity index (χ1v) is 9.02. The molecule has 20 heavy (non-hydrogen) atoms. The van der Waals surface area contributed by atoms with Crippen molar-refractivity contribution >= 4 is 21.6 Å². The van der Waals surface area contributed by atoms with E-state index < -0.39 is 10.0 Å². The van der Waals surface area contributed by atoms with Gasteiger partial charge in [0.2, 0.25) is 10.0 Å². The minimum absolute atomic E-state index is 0.352. The Labute approximate surface area is 126 Å². The first-order valence-electron chi connectivity index (χ1n) is 6.80. The molecular weight excluding hydrogens is 296 g/mol. The van der Waals surface area contributed by atoms with E-state index in [1.165, 1.54) is 6.26 Å². The predicted molar refractivity (Wildman–Crippen MR) is 82.5 cm³/mol. The Kier molecular flexibility index (Phi) is 5.07. The maximum atomic E-state index is 11.4. The zero-order valence-corrected chi connectivity index (χ0v) is 13.5. The van der Waals surface area contributed by atoms with Crippen molar-refractivity contribution in [2.24, 2.45) is 0 Å². The third kappa shape index (κ3) is 4.19. The van der Waals surface area contributed by atoms with Crippen molar-refractivity contribution in [3.05, 3.63) is 34.3 Å². The fourth-order valence-electron chi connectivity index (χ4n) is 2.44. The largest absolute Gasteiger partial charge is 0.310 e. The van der Waals surface area contributed by atoms with Gasteiger partial charge >= 0.3 is 0 Å². The standard InChI is InChI=1S/C14H21ClN2O2S/c1-11-3-4-12(14(15)9-11)10-16-13-5-7-17(8-6-13)20(2,18)19/h3-4,9,13,16H,5-8,10H2,1-2H3. The minimum Gasteiger partial charge on any atom is -0.310 e. The van der Waals surface area contributed by atoms with Crippen LogP contribution < -0.4 is 5.32 Å². The van der Waals surface area contributed by atoms with Crippen molar-refractivity contribution in [1.82, 2.24) is 9.62 Å². The summed E-state index contributed by atoms with van der Waals surface area (Å²) < 4.78 is 24.4. The maximum Gasteiger partial charge on any atom is 0.211 e. The van der Waals surface area contributed by atoms with Crippen LogP contribution in [0.25, 0.3) is 0 Å². The molecule has 1 aliphatic heterocycles. The van der Waals surface area contributed by atoms with Crippen LogP contribution >= 0.6 is 11.6 Å². The number of hydrogen-bond acceptors (Lipinski definition) is 3. The number of benzene rings is 1. The van der Waals surface area contributed by atoms with Gasteiger partial charge in [0.1, 0.15) is 0 Å². The number of sulfonamides is 1. The monoisotopic (exact) mass is 316 g/mol. The Morgan fingerprint density at radius 1 is 1.35 bits per heavy atom. The Bertz CT molecular complexity index is 567. The van der Waals surface area contributed by atoms with Crippen molar-refractivity contribution < 1.29 is 8.42 Å². The van der Waals surface area contributed by atoms with E-state index in [-0.39, 0.29) is 0 Å². The smallest absolute Gasteiger partial charge is 0.211 e. The molecule has 1 saturated heterocycles. The minimum atomic E-state index is -3.04. The van der Waals surface area contributed by atoms with Crippen LogP contribution in [0.5, 0.6) is 0 Å². The molecule has 1 heterocycles. The molecular formula is C14H21ClN2O2S. The summed E-state index contributed by atoms with van der Waals surface area (Å²) in [6.07, 6.45) is 2.96. The highest BCUT2D eigenvalue weighted by Gasteiger charge is 2.24. The summed E-state index contributed by atoms with van der Waals surface area (Å²) in [5.41, 5.74) is 2.24. The van der Waals surface area contributed by atoms with E-state index in [0.717, 1.165) is 35.5 Å². The molecule has 0 amide bonds. The summed E-state index contributed by atoms with van der Waals surface area (Å²) in [6.45, 7) is 3.93. The number of hydrogen-bond donors (Lipinski definition) is 1. The molecule has 0 spiro atoms. The van der Waals surface area contributed by atoms with Crippen LogP contribution in [-0.4, -0.2) is 38.1 Å². The van der Waals surface area contributed by atoms with Gasteiger partial charge in [0.05, 0.1) is 6.26 Å². The molecule has 4 nitrogen and oxygen atoms in total. The highest BCUT2D eigenvalue weighted by atomic mass is 35.5. The molecule has 0 aromatic heterocycles. The molecule has 1 aromatic rings. The lowest BCUT2D eigenvalue weighted by Crippen LogP contribution is -2.44. The van der Waals surface area contributed by atoms with Crippen molar-refractivity contribution in [1.29, 1.82) is 0 Å². The van der Waals surface area contributed by atoms with Crippen LogP contribution in [0.1, 0.15) is 24.0 Å². The topological polar surface area (TPSA) is 49.4 Å². The van der Waals surface area contributed by atoms with Gasteiger partial charge in [-0.1, -0.05) is 23.7 Å². The zero-order chi connectivity index (χ0) is 14.8. The molecule has 1 N–H and O–H groups in total. The zero-order valence-electron chi connectivity index (χ0n) is 11.9. The molecule has 1 aliphatic rings. The van der Waals surface area contributed by atoms with Crippen LogP contribution in [0.15, 0.2) is 18.2 Å². The van der Waals surface area contributed by atoms with Crippen molar-refractivity contribution in [2.75, 3.05) is 19.3 Å². The van der Waals surface area contributed by atoms with Gasteiger partial charge < -0.3 is 5.32 Å². The molecule has 6 heteroatoms.